The van der Waals surface area contributed by atoms with Gasteiger partial charge in [-0.1, -0.05) is 13.8 Å². The van der Waals surface area contributed by atoms with Gasteiger partial charge < -0.3 is 20.1 Å². The number of ether oxygens (including phenoxy) is 2. The molecule has 2 N–H and O–H groups in total. The Morgan fingerprint density at radius 1 is 1.17 bits per heavy atom. The SMILES string of the molecule is COCC1(C(=O)N[C@@H](CC(C)C)C(=O)OC(C)C)CCNCC1. The molecule has 0 saturated carbocycles. The third kappa shape index (κ3) is 6.11. The molecule has 1 amide bonds. The first kappa shape index (κ1) is 19.9. The van der Waals surface area contributed by atoms with E-state index in [0.29, 0.717) is 25.9 Å². The molecule has 1 rings (SSSR count). The Balaban J connectivity index is 2.82. The highest BCUT2D eigenvalue weighted by Gasteiger charge is 2.41. The third-order valence-corrected chi connectivity index (χ3v) is 4.11. The van der Waals surface area contributed by atoms with Crippen molar-refractivity contribution in [3.05, 3.63) is 0 Å². The summed E-state index contributed by atoms with van der Waals surface area (Å²) in [5.41, 5.74) is -0.562. The first-order chi connectivity index (χ1) is 10.8. The normalized spacial score (nSPS) is 18.7. The van der Waals surface area contributed by atoms with Crippen molar-refractivity contribution >= 4 is 11.9 Å². The lowest BCUT2D eigenvalue weighted by molar-refractivity contribution is -0.154. The summed E-state index contributed by atoms with van der Waals surface area (Å²) in [5, 5.41) is 6.19. The van der Waals surface area contributed by atoms with Gasteiger partial charge in [0.15, 0.2) is 0 Å². The van der Waals surface area contributed by atoms with Crippen molar-refractivity contribution in [2.75, 3.05) is 26.8 Å². The molecule has 0 aliphatic carbocycles. The number of piperidine rings is 1. The van der Waals surface area contributed by atoms with E-state index in [2.05, 4.69) is 10.6 Å². The molecule has 0 bridgehead atoms. The zero-order chi connectivity index (χ0) is 17.5. The second-order valence-electron chi connectivity index (χ2n) is 7.10. The van der Waals surface area contributed by atoms with Crippen LogP contribution in [0.2, 0.25) is 0 Å². The third-order valence-electron chi connectivity index (χ3n) is 4.11. The average Bonchev–Trinajstić information content (AvgIpc) is 2.46. The van der Waals surface area contributed by atoms with E-state index in [0.717, 1.165) is 13.1 Å². The molecule has 1 aliphatic heterocycles. The summed E-state index contributed by atoms with van der Waals surface area (Å²) in [6, 6.07) is -0.603. The van der Waals surface area contributed by atoms with Gasteiger partial charge in [0.1, 0.15) is 6.04 Å². The van der Waals surface area contributed by atoms with E-state index in [-0.39, 0.29) is 23.9 Å². The van der Waals surface area contributed by atoms with E-state index in [9.17, 15) is 9.59 Å². The smallest absolute Gasteiger partial charge is 0.328 e. The number of hydrogen-bond donors (Lipinski definition) is 2. The molecule has 0 radical (unpaired) electrons. The lowest BCUT2D eigenvalue weighted by atomic mass is 9.78. The summed E-state index contributed by atoms with van der Waals surface area (Å²) >= 11 is 0. The van der Waals surface area contributed by atoms with Crippen LogP contribution in [-0.2, 0) is 19.1 Å². The average molecular weight is 328 g/mol. The monoisotopic (exact) mass is 328 g/mol. The van der Waals surface area contributed by atoms with Gasteiger partial charge in [-0.15, -0.1) is 0 Å². The number of esters is 1. The molecule has 0 aromatic heterocycles. The highest BCUT2D eigenvalue weighted by molar-refractivity contribution is 5.88. The van der Waals surface area contributed by atoms with Crippen molar-refractivity contribution in [3.63, 3.8) is 0 Å². The van der Waals surface area contributed by atoms with Crippen molar-refractivity contribution < 1.29 is 19.1 Å². The van der Waals surface area contributed by atoms with Crippen LogP contribution >= 0.6 is 0 Å². The Hall–Kier alpha value is -1.14. The van der Waals surface area contributed by atoms with Crippen LogP contribution < -0.4 is 10.6 Å². The van der Waals surface area contributed by atoms with Crippen molar-refractivity contribution in [3.8, 4) is 0 Å². The van der Waals surface area contributed by atoms with Gasteiger partial charge in [0.25, 0.3) is 0 Å². The first-order valence-electron chi connectivity index (χ1n) is 8.52. The predicted molar refractivity (Wildman–Crippen MR) is 89.0 cm³/mol. The summed E-state index contributed by atoms with van der Waals surface area (Å²) in [4.78, 5) is 25.2. The van der Waals surface area contributed by atoms with Crippen molar-refractivity contribution in [1.29, 1.82) is 0 Å². The zero-order valence-corrected chi connectivity index (χ0v) is 15.1. The van der Waals surface area contributed by atoms with Gasteiger partial charge in [-0.25, -0.2) is 4.79 Å². The number of hydrogen-bond acceptors (Lipinski definition) is 5. The molecule has 23 heavy (non-hydrogen) atoms. The second kappa shape index (κ2) is 9.23. The summed E-state index contributed by atoms with van der Waals surface area (Å²) < 4.78 is 10.6. The van der Waals surface area contributed by atoms with Gasteiger partial charge in [-0.05, 0) is 52.1 Å². The fraction of sp³-hybridized carbons (Fsp3) is 0.882. The Morgan fingerprint density at radius 2 is 1.78 bits per heavy atom. The van der Waals surface area contributed by atoms with Gasteiger partial charge in [0, 0.05) is 7.11 Å². The van der Waals surface area contributed by atoms with Crippen molar-refractivity contribution in [2.24, 2.45) is 11.3 Å². The van der Waals surface area contributed by atoms with Crippen molar-refractivity contribution in [1.82, 2.24) is 10.6 Å². The van der Waals surface area contributed by atoms with E-state index in [1.54, 1.807) is 7.11 Å². The molecule has 0 aromatic rings. The van der Waals surface area contributed by atoms with Crippen LogP contribution in [0.5, 0.6) is 0 Å². The lowest BCUT2D eigenvalue weighted by Crippen LogP contribution is -2.54. The number of methoxy groups -OCH3 is 1. The number of rotatable bonds is 8. The van der Waals surface area contributed by atoms with Gasteiger partial charge >= 0.3 is 5.97 Å². The largest absolute Gasteiger partial charge is 0.461 e. The van der Waals surface area contributed by atoms with Gasteiger partial charge in [-0.2, -0.15) is 0 Å². The van der Waals surface area contributed by atoms with E-state index in [1.807, 2.05) is 27.7 Å². The Labute approximate surface area is 139 Å². The van der Waals surface area contributed by atoms with E-state index < -0.39 is 11.5 Å². The molecule has 1 heterocycles. The number of nitrogens with one attached hydrogen (secondary N) is 2. The predicted octanol–water partition coefficient (Wildman–Crippen LogP) is 1.49. The second-order valence-corrected chi connectivity index (χ2v) is 7.10. The maximum atomic E-state index is 12.9. The topological polar surface area (TPSA) is 76.7 Å². The van der Waals surface area contributed by atoms with Gasteiger partial charge in [0.05, 0.1) is 18.1 Å². The van der Waals surface area contributed by atoms with Gasteiger partial charge in [0.2, 0.25) is 5.91 Å². The fourth-order valence-corrected chi connectivity index (χ4v) is 2.93. The molecule has 1 saturated heterocycles. The standard InChI is InChI=1S/C17H32N2O4/c1-12(2)10-14(15(20)23-13(3)4)19-16(21)17(11-22-5)6-8-18-9-7-17/h12-14,18H,6-11H2,1-5H3,(H,19,21)/t14-/m0/s1. The Bertz CT molecular complexity index is 385. The maximum Gasteiger partial charge on any atom is 0.328 e. The minimum Gasteiger partial charge on any atom is -0.461 e. The van der Waals surface area contributed by atoms with E-state index >= 15 is 0 Å². The van der Waals surface area contributed by atoms with Crippen LogP contribution in [0.15, 0.2) is 0 Å². The summed E-state index contributed by atoms with van der Waals surface area (Å²) in [7, 11) is 1.61. The Morgan fingerprint density at radius 3 is 2.26 bits per heavy atom. The van der Waals surface area contributed by atoms with Crippen LogP contribution in [0.1, 0.15) is 47.0 Å². The summed E-state index contributed by atoms with van der Waals surface area (Å²) in [6.07, 6.45) is 1.79. The quantitative estimate of drug-likeness (QED) is 0.660. The van der Waals surface area contributed by atoms with Crippen LogP contribution in [0, 0.1) is 11.3 Å². The molecule has 0 unspecified atom stereocenters. The molecule has 6 nitrogen and oxygen atoms in total. The molecular formula is C17H32N2O4. The molecule has 1 atom stereocenters. The lowest BCUT2D eigenvalue weighted by Gasteiger charge is -2.36. The summed E-state index contributed by atoms with van der Waals surface area (Å²) in [6.45, 7) is 9.60. The minimum absolute atomic E-state index is 0.104. The maximum absolute atomic E-state index is 12.9. The van der Waals surface area contributed by atoms with Crippen molar-refractivity contribution in [2.45, 2.75) is 59.1 Å². The number of carbonyl (C=O) groups excluding carboxylic acids is 2. The molecule has 134 valence electrons. The van der Waals surface area contributed by atoms with Crippen LogP contribution in [0.25, 0.3) is 0 Å². The van der Waals surface area contributed by atoms with E-state index in [4.69, 9.17) is 9.47 Å². The molecular weight excluding hydrogens is 296 g/mol. The molecule has 1 aliphatic rings. The minimum atomic E-state index is -0.603. The zero-order valence-electron chi connectivity index (χ0n) is 15.1. The molecule has 1 fully saturated rings. The molecule has 0 aromatic carbocycles. The first-order valence-corrected chi connectivity index (χ1v) is 8.52. The fourth-order valence-electron chi connectivity index (χ4n) is 2.93. The number of carbonyl (C=O) groups is 2. The molecule has 0 spiro atoms. The van der Waals surface area contributed by atoms with Crippen LogP contribution in [-0.4, -0.2) is 50.8 Å². The van der Waals surface area contributed by atoms with Crippen LogP contribution in [0.4, 0.5) is 0 Å². The molecule has 6 heteroatoms. The highest BCUT2D eigenvalue weighted by atomic mass is 16.5. The Kier molecular flexibility index (Phi) is 7.99. The van der Waals surface area contributed by atoms with Gasteiger partial charge in [-0.3, -0.25) is 4.79 Å². The summed E-state index contributed by atoms with van der Waals surface area (Å²) in [5.74, 6) is -0.179. The number of amides is 1. The van der Waals surface area contributed by atoms with Crippen LogP contribution in [0.3, 0.4) is 0 Å². The van der Waals surface area contributed by atoms with E-state index in [1.165, 1.54) is 0 Å². The highest BCUT2D eigenvalue weighted by Crippen LogP contribution is 2.30.